The highest BCUT2D eigenvalue weighted by atomic mass is 16.5. The number of benzene rings is 1. The summed E-state index contributed by atoms with van der Waals surface area (Å²) in [5.74, 6) is 1.97. The molecule has 0 aliphatic heterocycles. The lowest BCUT2D eigenvalue weighted by Crippen LogP contribution is -2.05. The minimum atomic E-state index is -0.611. The zero-order valence-corrected chi connectivity index (χ0v) is 11.2. The van der Waals surface area contributed by atoms with Crippen molar-refractivity contribution in [2.75, 3.05) is 7.11 Å². The molecule has 6 heteroatoms. The van der Waals surface area contributed by atoms with Crippen molar-refractivity contribution in [3.8, 4) is 11.5 Å². The lowest BCUT2D eigenvalue weighted by atomic mass is 10.1. The van der Waals surface area contributed by atoms with Crippen LogP contribution >= 0.6 is 0 Å². The van der Waals surface area contributed by atoms with E-state index in [1.54, 1.807) is 43.1 Å². The van der Waals surface area contributed by atoms with Crippen molar-refractivity contribution in [2.45, 2.75) is 19.6 Å². The first-order valence-electron chi connectivity index (χ1n) is 5.93. The predicted molar refractivity (Wildman–Crippen MR) is 69.0 cm³/mol. The van der Waals surface area contributed by atoms with E-state index in [2.05, 4.69) is 10.2 Å². The number of aromatic nitrogens is 3. The number of hydrogen-bond acceptors (Lipinski definition) is 5. The van der Waals surface area contributed by atoms with E-state index >= 15 is 0 Å². The molecule has 0 saturated carbocycles. The second-order valence-corrected chi connectivity index (χ2v) is 4.23. The van der Waals surface area contributed by atoms with Crippen LogP contribution in [0.15, 0.2) is 24.5 Å². The largest absolute Gasteiger partial charge is 0.497 e. The van der Waals surface area contributed by atoms with Gasteiger partial charge in [-0.1, -0.05) is 0 Å². The SMILES string of the molecule is COc1ccc([C@@H](C)O)c(OCc2nncn2C)c1. The average molecular weight is 263 g/mol. The zero-order valence-electron chi connectivity index (χ0n) is 11.2. The van der Waals surface area contributed by atoms with Crippen molar-refractivity contribution in [1.29, 1.82) is 0 Å². The van der Waals surface area contributed by atoms with Crippen molar-refractivity contribution < 1.29 is 14.6 Å². The molecule has 0 amide bonds. The highest BCUT2D eigenvalue weighted by Crippen LogP contribution is 2.29. The van der Waals surface area contributed by atoms with Crippen LogP contribution in [-0.4, -0.2) is 27.0 Å². The molecule has 0 fully saturated rings. The number of hydrogen-bond donors (Lipinski definition) is 1. The molecule has 0 spiro atoms. The Morgan fingerprint density at radius 2 is 2.21 bits per heavy atom. The number of rotatable bonds is 5. The molecule has 0 radical (unpaired) electrons. The molecule has 1 aromatic heterocycles. The van der Waals surface area contributed by atoms with Crippen LogP contribution in [0.3, 0.4) is 0 Å². The van der Waals surface area contributed by atoms with Gasteiger partial charge in [-0.15, -0.1) is 10.2 Å². The van der Waals surface area contributed by atoms with Crippen molar-refractivity contribution in [3.63, 3.8) is 0 Å². The Balaban J connectivity index is 2.20. The van der Waals surface area contributed by atoms with Gasteiger partial charge in [0.15, 0.2) is 5.82 Å². The summed E-state index contributed by atoms with van der Waals surface area (Å²) >= 11 is 0. The second-order valence-electron chi connectivity index (χ2n) is 4.23. The topological polar surface area (TPSA) is 69.4 Å². The predicted octanol–water partition coefficient (Wildman–Crippen LogP) is 1.46. The first-order valence-corrected chi connectivity index (χ1v) is 5.93. The van der Waals surface area contributed by atoms with Gasteiger partial charge in [0.25, 0.3) is 0 Å². The molecular weight excluding hydrogens is 246 g/mol. The van der Waals surface area contributed by atoms with E-state index in [9.17, 15) is 5.11 Å². The highest BCUT2D eigenvalue weighted by molar-refractivity contribution is 5.41. The molecule has 1 atom stereocenters. The monoisotopic (exact) mass is 263 g/mol. The van der Waals surface area contributed by atoms with Crippen molar-refractivity contribution in [3.05, 3.63) is 35.9 Å². The van der Waals surface area contributed by atoms with Gasteiger partial charge in [-0.3, -0.25) is 0 Å². The number of aliphatic hydroxyl groups is 1. The summed E-state index contributed by atoms with van der Waals surface area (Å²) in [6.07, 6.45) is 1.00. The molecule has 19 heavy (non-hydrogen) atoms. The fourth-order valence-electron chi connectivity index (χ4n) is 1.69. The van der Waals surface area contributed by atoms with Gasteiger partial charge in [0.05, 0.1) is 13.2 Å². The Morgan fingerprint density at radius 1 is 1.42 bits per heavy atom. The lowest BCUT2D eigenvalue weighted by molar-refractivity contribution is 0.189. The normalized spacial score (nSPS) is 12.2. The van der Waals surface area contributed by atoms with Crippen LogP contribution in [0.1, 0.15) is 24.4 Å². The number of ether oxygens (including phenoxy) is 2. The number of aliphatic hydroxyl groups excluding tert-OH is 1. The van der Waals surface area contributed by atoms with Gasteiger partial charge in [0.1, 0.15) is 24.4 Å². The molecule has 102 valence electrons. The summed E-state index contributed by atoms with van der Waals surface area (Å²) in [7, 11) is 3.43. The summed E-state index contributed by atoms with van der Waals surface area (Å²) < 4.78 is 12.6. The van der Waals surface area contributed by atoms with Gasteiger partial charge < -0.3 is 19.1 Å². The first kappa shape index (κ1) is 13.4. The average Bonchev–Trinajstić information content (AvgIpc) is 2.81. The van der Waals surface area contributed by atoms with Crippen LogP contribution in [-0.2, 0) is 13.7 Å². The third-order valence-corrected chi connectivity index (χ3v) is 2.83. The maximum absolute atomic E-state index is 9.73. The van der Waals surface area contributed by atoms with E-state index in [1.807, 2.05) is 7.05 Å². The van der Waals surface area contributed by atoms with E-state index in [1.165, 1.54) is 0 Å². The van der Waals surface area contributed by atoms with Crippen LogP contribution in [0.25, 0.3) is 0 Å². The lowest BCUT2D eigenvalue weighted by Gasteiger charge is -2.14. The van der Waals surface area contributed by atoms with E-state index in [-0.39, 0.29) is 6.61 Å². The van der Waals surface area contributed by atoms with Gasteiger partial charge in [-0.05, 0) is 19.1 Å². The molecule has 6 nitrogen and oxygen atoms in total. The van der Waals surface area contributed by atoms with Crippen molar-refractivity contribution in [1.82, 2.24) is 14.8 Å². The molecule has 0 bridgehead atoms. The third kappa shape index (κ3) is 3.03. The fourth-order valence-corrected chi connectivity index (χ4v) is 1.69. The number of aryl methyl sites for hydroxylation is 1. The molecular formula is C13H17N3O3. The molecule has 0 unspecified atom stereocenters. The van der Waals surface area contributed by atoms with Gasteiger partial charge in [0, 0.05) is 18.7 Å². The molecule has 0 aliphatic carbocycles. The Bertz CT molecular complexity index is 552. The molecule has 2 rings (SSSR count). The van der Waals surface area contributed by atoms with Gasteiger partial charge >= 0.3 is 0 Å². The van der Waals surface area contributed by atoms with E-state index in [4.69, 9.17) is 9.47 Å². The van der Waals surface area contributed by atoms with Gasteiger partial charge in [-0.2, -0.15) is 0 Å². The van der Waals surface area contributed by atoms with Crippen LogP contribution in [0.4, 0.5) is 0 Å². The summed E-state index contributed by atoms with van der Waals surface area (Å²) in [6.45, 7) is 1.97. The molecule has 1 heterocycles. The zero-order chi connectivity index (χ0) is 13.8. The molecule has 2 aromatic rings. The van der Waals surface area contributed by atoms with Gasteiger partial charge in [0.2, 0.25) is 0 Å². The minimum absolute atomic E-state index is 0.281. The Labute approximate surface area is 111 Å². The van der Waals surface area contributed by atoms with E-state index in [0.717, 1.165) is 0 Å². The summed E-state index contributed by atoms with van der Waals surface area (Å²) in [6, 6.07) is 5.32. The Kier molecular flexibility index (Phi) is 4.01. The maximum Gasteiger partial charge on any atom is 0.170 e. The van der Waals surface area contributed by atoms with Crippen molar-refractivity contribution in [2.24, 2.45) is 7.05 Å². The van der Waals surface area contributed by atoms with E-state index < -0.39 is 6.10 Å². The molecule has 1 N–H and O–H groups in total. The first-order chi connectivity index (χ1) is 9.11. The summed E-state index contributed by atoms with van der Waals surface area (Å²) in [5, 5.41) is 17.5. The Morgan fingerprint density at radius 3 is 2.79 bits per heavy atom. The van der Waals surface area contributed by atoms with Crippen LogP contribution < -0.4 is 9.47 Å². The molecule has 0 saturated heterocycles. The fraction of sp³-hybridized carbons (Fsp3) is 0.385. The third-order valence-electron chi connectivity index (χ3n) is 2.83. The maximum atomic E-state index is 9.73. The Hall–Kier alpha value is -2.08. The molecule has 1 aromatic carbocycles. The van der Waals surface area contributed by atoms with Crippen LogP contribution in [0, 0.1) is 0 Å². The quantitative estimate of drug-likeness (QED) is 0.884. The van der Waals surface area contributed by atoms with E-state index in [0.29, 0.717) is 22.9 Å². The second kappa shape index (κ2) is 5.71. The van der Waals surface area contributed by atoms with Crippen LogP contribution in [0.5, 0.6) is 11.5 Å². The summed E-state index contributed by atoms with van der Waals surface area (Å²) in [4.78, 5) is 0. The molecule has 0 aliphatic rings. The van der Waals surface area contributed by atoms with Gasteiger partial charge in [-0.25, -0.2) is 0 Å². The number of nitrogens with zero attached hydrogens (tertiary/aromatic N) is 3. The standard InChI is InChI=1S/C13H17N3O3/c1-9(17)11-5-4-10(18-3)6-12(11)19-7-13-15-14-8-16(13)2/h4-6,8-9,17H,7H2,1-3H3/t9-/m1/s1. The minimum Gasteiger partial charge on any atom is -0.497 e. The van der Waals surface area contributed by atoms with Crippen LogP contribution in [0.2, 0.25) is 0 Å². The number of methoxy groups -OCH3 is 1. The smallest absolute Gasteiger partial charge is 0.170 e. The van der Waals surface area contributed by atoms with Crippen molar-refractivity contribution >= 4 is 0 Å². The highest BCUT2D eigenvalue weighted by Gasteiger charge is 2.12. The summed E-state index contributed by atoms with van der Waals surface area (Å²) in [5.41, 5.74) is 0.711.